The lowest BCUT2D eigenvalue weighted by Crippen LogP contribution is -2.31. The highest BCUT2D eigenvalue weighted by molar-refractivity contribution is 5.87. The van der Waals surface area contributed by atoms with Crippen molar-refractivity contribution in [3.8, 4) is 0 Å². The minimum atomic E-state index is -2.84. The van der Waals surface area contributed by atoms with E-state index in [0.29, 0.717) is 5.56 Å². The van der Waals surface area contributed by atoms with Crippen LogP contribution in [-0.2, 0) is 6.54 Å². The molecule has 7 heteroatoms. The van der Waals surface area contributed by atoms with Crippen LogP contribution in [0, 0.1) is 5.82 Å². The summed E-state index contributed by atoms with van der Waals surface area (Å²) >= 11 is 0. The predicted molar refractivity (Wildman–Crippen MR) is 57.1 cm³/mol. The smallest absolute Gasteiger partial charge is 0.338 e. The van der Waals surface area contributed by atoms with Gasteiger partial charge in [0.2, 0.25) is 0 Å². The van der Waals surface area contributed by atoms with Crippen molar-refractivity contribution in [2.45, 2.75) is 19.1 Å². The summed E-state index contributed by atoms with van der Waals surface area (Å²) in [5.41, 5.74) is -0.0506. The Morgan fingerprint density at radius 3 is 2.56 bits per heavy atom. The van der Waals surface area contributed by atoms with Crippen LogP contribution in [0.15, 0.2) is 18.2 Å². The Labute approximate surface area is 101 Å². The van der Waals surface area contributed by atoms with E-state index in [-0.39, 0.29) is 13.1 Å². The van der Waals surface area contributed by atoms with Gasteiger partial charge in [0, 0.05) is 13.1 Å². The summed E-state index contributed by atoms with van der Waals surface area (Å²) in [5.74, 6) is -2.27. The van der Waals surface area contributed by atoms with Crippen molar-refractivity contribution in [3.63, 3.8) is 0 Å². The van der Waals surface area contributed by atoms with Gasteiger partial charge in [-0.15, -0.1) is 0 Å². The molecule has 1 atom stereocenters. The number of nitrogens with one attached hydrogen (secondary N) is 1. The first-order chi connectivity index (χ1) is 8.41. The van der Waals surface area contributed by atoms with Crippen LogP contribution < -0.4 is 5.32 Å². The Morgan fingerprint density at radius 1 is 1.39 bits per heavy atom. The predicted octanol–water partition coefficient (Wildman–Crippen LogP) is 1.24. The summed E-state index contributed by atoms with van der Waals surface area (Å²) in [7, 11) is 0. The van der Waals surface area contributed by atoms with Crippen molar-refractivity contribution < 1.29 is 28.2 Å². The number of carboxylic acid groups (broad SMARTS) is 1. The Morgan fingerprint density at radius 2 is 2.06 bits per heavy atom. The Hall–Kier alpha value is -1.60. The molecule has 0 bridgehead atoms. The highest BCUT2D eigenvalue weighted by atomic mass is 19.3. The largest absolute Gasteiger partial charge is 0.478 e. The van der Waals surface area contributed by atoms with Gasteiger partial charge in [0.05, 0.1) is 5.56 Å². The lowest BCUT2D eigenvalue weighted by molar-refractivity contribution is -0.00341. The van der Waals surface area contributed by atoms with Crippen LogP contribution in [0.25, 0.3) is 0 Å². The number of hydrogen-bond donors (Lipinski definition) is 3. The lowest BCUT2D eigenvalue weighted by Gasteiger charge is -2.10. The molecule has 0 saturated carbocycles. The molecule has 0 aliphatic rings. The highest BCUT2D eigenvalue weighted by Crippen LogP contribution is 2.10. The number of alkyl halides is 2. The zero-order chi connectivity index (χ0) is 13.7. The number of aromatic carboxylic acids is 1. The molecule has 1 aromatic rings. The average Bonchev–Trinajstić information content (AvgIpc) is 2.28. The number of aliphatic hydroxyl groups excluding tert-OH is 1. The Balaban J connectivity index is 2.54. The van der Waals surface area contributed by atoms with Crippen LogP contribution in [-0.4, -0.2) is 35.3 Å². The maximum absolute atomic E-state index is 13.2. The van der Waals surface area contributed by atoms with Gasteiger partial charge in [0.1, 0.15) is 11.9 Å². The van der Waals surface area contributed by atoms with Crippen molar-refractivity contribution in [2.24, 2.45) is 0 Å². The maximum Gasteiger partial charge on any atom is 0.338 e. The second-order valence-electron chi connectivity index (χ2n) is 3.65. The molecule has 0 aliphatic carbocycles. The second kappa shape index (κ2) is 6.36. The molecule has 0 aromatic heterocycles. The summed E-state index contributed by atoms with van der Waals surface area (Å²) < 4.78 is 37.1. The van der Waals surface area contributed by atoms with Gasteiger partial charge < -0.3 is 15.5 Å². The fourth-order valence-electron chi connectivity index (χ4n) is 1.30. The van der Waals surface area contributed by atoms with Gasteiger partial charge in [-0.2, -0.15) is 0 Å². The van der Waals surface area contributed by atoms with Crippen molar-refractivity contribution in [2.75, 3.05) is 6.54 Å². The normalized spacial score (nSPS) is 12.7. The monoisotopic (exact) mass is 263 g/mol. The summed E-state index contributed by atoms with van der Waals surface area (Å²) in [5, 5.41) is 19.9. The second-order valence-corrected chi connectivity index (χ2v) is 3.65. The molecule has 0 fully saturated rings. The third kappa shape index (κ3) is 4.01. The van der Waals surface area contributed by atoms with E-state index in [1.807, 2.05) is 0 Å². The number of aliphatic hydroxyl groups is 1. The first-order valence-corrected chi connectivity index (χ1v) is 5.10. The van der Waals surface area contributed by atoms with Crippen LogP contribution in [0.3, 0.4) is 0 Å². The molecule has 3 N–H and O–H groups in total. The molecule has 0 aliphatic heterocycles. The third-order valence-corrected chi connectivity index (χ3v) is 2.24. The van der Waals surface area contributed by atoms with Crippen LogP contribution >= 0.6 is 0 Å². The number of rotatable bonds is 6. The molecule has 0 heterocycles. The third-order valence-electron chi connectivity index (χ3n) is 2.24. The summed E-state index contributed by atoms with van der Waals surface area (Å²) in [4.78, 5) is 10.5. The maximum atomic E-state index is 13.2. The molecule has 0 spiro atoms. The lowest BCUT2D eigenvalue weighted by atomic mass is 10.1. The average molecular weight is 263 g/mol. The van der Waals surface area contributed by atoms with Crippen molar-refractivity contribution in [1.29, 1.82) is 0 Å². The van der Waals surface area contributed by atoms with Crippen molar-refractivity contribution in [3.05, 3.63) is 35.1 Å². The summed E-state index contributed by atoms with van der Waals surface area (Å²) in [6.07, 6.45) is -4.63. The fraction of sp³-hybridized carbons (Fsp3) is 0.364. The van der Waals surface area contributed by atoms with Gasteiger partial charge in [0.15, 0.2) is 0 Å². The number of hydrogen-bond acceptors (Lipinski definition) is 3. The first-order valence-electron chi connectivity index (χ1n) is 5.10. The molecule has 18 heavy (non-hydrogen) atoms. The topological polar surface area (TPSA) is 69.6 Å². The number of halogens is 3. The zero-order valence-electron chi connectivity index (χ0n) is 9.24. The molecular weight excluding hydrogens is 251 g/mol. The number of carboxylic acids is 1. The van der Waals surface area contributed by atoms with Crippen LogP contribution in [0.5, 0.6) is 0 Å². The van der Waals surface area contributed by atoms with Gasteiger partial charge in [-0.05, 0) is 17.7 Å². The van der Waals surface area contributed by atoms with Crippen LogP contribution in [0.1, 0.15) is 15.9 Å². The minimum absolute atomic E-state index is 0.0561. The van der Waals surface area contributed by atoms with Gasteiger partial charge in [0.25, 0.3) is 6.43 Å². The first kappa shape index (κ1) is 14.5. The molecule has 0 radical (unpaired) electrons. The van der Waals surface area contributed by atoms with E-state index in [1.165, 1.54) is 6.07 Å². The van der Waals surface area contributed by atoms with E-state index >= 15 is 0 Å². The number of carbonyl (C=O) groups is 1. The van der Waals surface area contributed by atoms with E-state index in [2.05, 4.69) is 5.32 Å². The summed E-state index contributed by atoms with van der Waals surface area (Å²) in [6.45, 7) is -0.277. The van der Waals surface area contributed by atoms with E-state index in [1.54, 1.807) is 0 Å². The van der Waals surface area contributed by atoms with Crippen molar-refractivity contribution in [1.82, 2.24) is 5.32 Å². The van der Waals surface area contributed by atoms with Gasteiger partial charge in [-0.3, -0.25) is 0 Å². The van der Waals surface area contributed by atoms with Crippen LogP contribution in [0.4, 0.5) is 13.2 Å². The standard InChI is InChI=1S/C11H12F3NO3/c12-8-3-6(1-2-7(8)11(17)18)4-15-5-9(16)10(13)14/h1-3,9-10,15-16H,4-5H2,(H,17,18). The molecular formula is C11H12F3NO3. The van der Waals surface area contributed by atoms with E-state index < -0.39 is 29.9 Å². The molecule has 0 saturated heterocycles. The molecule has 1 unspecified atom stereocenters. The van der Waals surface area contributed by atoms with Gasteiger partial charge in [-0.25, -0.2) is 18.0 Å². The zero-order valence-corrected chi connectivity index (χ0v) is 9.24. The van der Waals surface area contributed by atoms with Crippen LogP contribution in [0.2, 0.25) is 0 Å². The number of benzene rings is 1. The van der Waals surface area contributed by atoms with E-state index in [9.17, 15) is 18.0 Å². The molecule has 4 nitrogen and oxygen atoms in total. The Kier molecular flexibility index (Phi) is 5.11. The van der Waals surface area contributed by atoms with Gasteiger partial charge >= 0.3 is 5.97 Å². The van der Waals surface area contributed by atoms with Crippen molar-refractivity contribution >= 4 is 5.97 Å². The van der Waals surface area contributed by atoms with E-state index in [4.69, 9.17) is 10.2 Å². The molecule has 0 amide bonds. The van der Waals surface area contributed by atoms with E-state index in [0.717, 1.165) is 12.1 Å². The van der Waals surface area contributed by atoms with Gasteiger partial charge in [-0.1, -0.05) is 6.07 Å². The Bertz CT molecular complexity index is 426. The fourth-order valence-corrected chi connectivity index (χ4v) is 1.30. The SMILES string of the molecule is O=C(O)c1ccc(CNCC(O)C(F)F)cc1F. The molecule has 1 rings (SSSR count). The molecule has 100 valence electrons. The minimum Gasteiger partial charge on any atom is -0.478 e. The highest BCUT2D eigenvalue weighted by Gasteiger charge is 2.16. The molecule has 1 aromatic carbocycles. The quantitative estimate of drug-likeness (QED) is 0.722. The summed E-state index contributed by atoms with van der Waals surface area (Å²) in [6, 6.07) is 3.47.